The lowest BCUT2D eigenvalue weighted by atomic mass is 9.88. The Morgan fingerprint density at radius 3 is 1.45 bits per heavy atom. The predicted molar refractivity (Wildman–Crippen MR) is 132 cm³/mol. The zero-order valence-electron chi connectivity index (χ0n) is 17.3. The molecule has 0 bridgehead atoms. The molecular formula is C30H23N. The summed E-state index contributed by atoms with van der Waals surface area (Å²) < 4.78 is 0. The highest BCUT2D eigenvalue weighted by molar-refractivity contribution is 6.38. The van der Waals surface area contributed by atoms with E-state index in [2.05, 4.69) is 127 Å². The third-order valence-corrected chi connectivity index (χ3v) is 5.57. The number of hydrogen-bond donors (Lipinski definition) is 0. The molecule has 31 heavy (non-hydrogen) atoms. The van der Waals surface area contributed by atoms with Crippen molar-refractivity contribution < 1.29 is 0 Å². The zero-order chi connectivity index (χ0) is 20.9. The second kappa shape index (κ2) is 8.81. The maximum atomic E-state index is 5.18. The zero-order valence-corrected chi connectivity index (χ0v) is 17.3. The Morgan fingerprint density at radius 1 is 0.452 bits per heavy atom. The van der Waals surface area contributed by atoms with Crippen molar-refractivity contribution in [3.63, 3.8) is 0 Å². The molecule has 1 heterocycles. The number of rotatable bonds is 4. The topological polar surface area (TPSA) is 12.4 Å². The molecule has 0 saturated heterocycles. The Hall–Kier alpha value is -3.97. The summed E-state index contributed by atoms with van der Waals surface area (Å²) in [5.74, 6) is 0. The van der Waals surface area contributed by atoms with Crippen LogP contribution in [0.3, 0.4) is 0 Å². The van der Waals surface area contributed by atoms with Crippen molar-refractivity contribution in [1.29, 1.82) is 0 Å². The smallest absolute Gasteiger partial charge is 0.0735 e. The Morgan fingerprint density at radius 2 is 0.903 bits per heavy atom. The number of benzene rings is 4. The molecule has 0 amide bonds. The average Bonchev–Trinajstić information content (AvgIpc) is 3.07. The van der Waals surface area contributed by atoms with E-state index in [1.54, 1.807) is 0 Å². The van der Waals surface area contributed by atoms with Gasteiger partial charge in [0.1, 0.15) is 0 Å². The molecule has 0 atom stereocenters. The summed E-state index contributed by atoms with van der Waals surface area (Å²) in [7, 11) is 0. The van der Waals surface area contributed by atoms with Crippen molar-refractivity contribution in [2.75, 3.05) is 6.54 Å². The van der Waals surface area contributed by atoms with E-state index in [4.69, 9.17) is 4.99 Å². The van der Waals surface area contributed by atoms with Gasteiger partial charge in [-0.1, -0.05) is 121 Å². The molecule has 4 aromatic carbocycles. The minimum absolute atomic E-state index is 0.640. The molecule has 0 saturated carbocycles. The van der Waals surface area contributed by atoms with E-state index in [9.17, 15) is 0 Å². The molecule has 148 valence electrons. The van der Waals surface area contributed by atoms with E-state index < -0.39 is 0 Å². The van der Waals surface area contributed by atoms with Gasteiger partial charge in [-0.2, -0.15) is 0 Å². The third kappa shape index (κ3) is 4.04. The van der Waals surface area contributed by atoms with Crippen LogP contribution in [0.15, 0.2) is 132 Å². The van der Waals surface area contributed by atoms with Gasteiger partial charge in [-0.25, -0.2) is 0 Å². The van der Waals surface area contributed by atoms with Gasteiger partial charge in [-0.3, -0.25) is 4.99 Å². The molecule has 0 unspecified atom stereocenters. The summed E-state index contributed by atoms with van der Waals surface area (Å²) in [5.41, 5.74) is 9.34. The molecule has 0 aliphatic carbocycles. The fourth-order valence-corrected chi connectivity index (χ4v) is 4.06. The maximum absolute atomic E-state index is 5.18. The van der Waals surface area contributed by atoms with Crippen LogP contribution in [0.25, 0.3) is 16.7 Å². The van der Waals surface area contributed by atoms with Crippen molar-refractivity contribution in [3.8, 4) is 0 Å². The van der Waals surface area contributed by atoms with Crippen LogP contribution in [-0.2, 0) is 0 Å². The van der Waals surface area contributed by atoms with Gasteiger partial charge in [0.2, 0.25) is 0 Å². The van der Waals surface area contributed by atoms with Crippen LogP contribution in [0.5, 0.6) is 0 Å². The van der Waals surface area contributed by atoms with E-state index in [-0.39, 0.29) is 0 Å². The van der Waals surface area contributed by atoms with E-state index in [1.807, 2.05) is 0 Å². The fourth-order valence-electron chi connectivity index (χ4n) is 4.06. The van der Waals surface area contributed by atoms with E-state index >= 15 is 0 Å². The van der Waals surface area contributed by atoms with Gasteiger partial charge in [0, 0.05) is 11.1 Å². The molecule has 1 aliphatic heterocycles. The quantitative estimate of drug-likeness (QED) is 0.346. The van der Waals surface area contributed by atoms with Crippen molar-refractivity contribution in [3.05, 3.63) is 150 Å². The second-order valence-corrected chi connectivity index (χ2v) is 7.59. The van der Waals surface area contributed by atoms with Crippen LogP contribution in [-0.4, -0.2) is 12.3 Å². The molecule has 0 fully saturated rings. The Balaban J connectivity index is 1.82. The number of hydrogen-bond acceptors (Lipinski definition) is 1. The first kappa shape index (κ1) is 19.0. The van der Waals surface area contributed by atoms with E-state index in [1.165, 1.54) is 33.4 Å². The number of allylic oxidation sites excluding steroid dienone is 3. The SMILES string of the molecule is C1=C(c2ccccc2)CN=C(c2ccccc2)C(c2ccccc2)=C1c1ccccc1. The first-order chi connectivity index (χ1) is 15.4. The normalized spacial score (nSPS) is 13.9. The van der Waals surface area contributed by atoms with Crippen molar-refractivity contribution in [2.45, 2.75) is 0 Å². The van der Waals surface area contributed by atoms with Crippen LogP contribution >= 0.6 is 0 Å². The minimum atomic E-state index is 0.640. The lowest BCUT2D eigenvalue weighted by Gasteiger charge is -2.16. The Bertz CT molecular complexity index is 1250. The first-order valence-electron chi connectivity index (χ1n) is 10.6. The van der Waals surface area contributed by atoms with E-state index in [0.717, 1.165) is 11.3 Å². The highest BCUT2D eigenvalue weighted by Crippen LogP contribution is 2.35. The van der Waals surface area contributed by atoms with Crippen molar-refractivity contribution in [2.24, 2.45) is 4.99 Å². The predicted octanol–water partition coefficient (Wildman–Crippen LogP) is 7.18. The fraction of sp³-hybridized carbons (Fsp3) is 0.0333. The molecule has 0 spiro atoms. The van der Waals surface area contributed by atoms with Gasteiger partial charge in [0.25, 0.3) is 0 Å². The summed E-state index contributed by atoms with van der Waals surface area (Å²) in [6.07, 6.45) is 2.33. The highest BCUT2D eigenvalue weighted by Gasteiger charge is 2.21. The molecule has 5 rings (SSSR count). The highest BCUT2D eigenvalue weighted by atomic mass is 14.7. The van der Waals surface area contributed by atoms with Crippen LogP contribution in [0.4, 0.5) is 0 Å². The van der Waals surface area contributed by atoms with Crippen LogP contribution < -0.4 is 0 Å². The van der Waals surface area contributed by atoms with Crippen LogP contribution in [0, 0.1) is 0 Å². The maximum Gasteiger partial charge on any atom is 0.0735 e. The molecular weight excluding hydrogens is 374 g/mol. The standard InChI is InChI=1S/C30H23N/c1-5-13-23(14-6-1)27-21-28(24-15-7-2-8-16-24)29(25-17-9-3-10-18-25)30(31-22-27)26-19-11-4-12-20-26/h1-21H,22H2. The number of nitrogens with zero attached hydrogens (tertiary/aromatic N) is 1. The average molecular weight is 398 g/mol. The van der Waals surface area contributed by atoms with Crippen LogP contribution in [0.2, 0.25) is 0 Å². The third-order valence-electron chi connectivity index (χ3n) is 5.57. The second-order valence-electron chi connectivity index (χ2n) is 7.59. The molecule has 0 aromatic heterocycles. The lowest BCUT2D eigenvalue weighted by Crippen LogP contribution is -2.07. The molecule has 1 nitrogen and oxygen atoms in total. The summed E-state index contributed by atoms with van der Waals surface area (Å²) in [6.45, 7) is 0.640. The molecule has 0 radical (unpaired) electrons. The summed E-state index contributed by atoms with van der Waals surface area (Å²) >= 11 is 0. The molecule has 0 N–H and O–H groups in total. The van der Waals surface area contributed by atoms with E-state index in [0.29, 0.717) is 6.54 Å². The molecule has 1 heteroatoms. The van der Waals surface area contributed by atoms with Gasteiger partial charge in [-0.15, -0.1) is 0 Å². The Labute approximate surface area is 183 Å². The Kier molecular flexibility index (Phi) is 5.40. The lowest BCUT2D eigenvalue weighted by molar-refractivity contribution is 1.26. The number of aliphatic imine (C=N–C) groups is 1. The van der Waals surface area contributed by atoms with Crippen molar-refractivity contribution >= 4 is 22.4 Å². The summed E-state index contributed by atoms with van der Waals surface area (Å²) in [5, 5.41) is 0. The minimum Gasteiger partial charge on any atom is -0.279 e. The van der Waals surface area contributed by atoms with Crippen LogP contribution in [0.1, 0.15) is 22.3 Å². The van der Waals surface area contributed by atoms with Crippen molar-refractivity contribution in [1.82, 2.24) is 0 Å². The largest absolute Gasteiger partial charge is 0.279 e. The first-order valence-corrected chi connectivity index (χ1v) is 10.6. The summed E-state index contributed by atoms with van der Waals surface area (Å²) in [6, 6.07) is 42.3. The molecule has 4 aromatic rings. The van der Waals surface area contributed by atoms with Gasteiger partial charge in [0.05, 0.1) is 12.3 Å². The summed E-state index contributed by atoms with van der Waals surface area (Å²) in [4.78, 5) is 5.18. The monoisotopic (exact) mass is 397 g/mol. The van der Waals surface area contributed by atoms with Gasteiger partial charge < -0.3 is 0 Å². The van der Waals surface area contributed by atoms with Gasteiger partial charge in [0.15, 0.2) is 0 Å². The van der Waals surface area contributed by atoms with Gasteiger partial charge >= 0.3 is 0 Å². The molecule has 1 aliphatic rings. The van der Waals surface area contributed by atoms with Gasteiger partial charge in [-0.05, 0) is 33.9 Å².